The van der Waals surface area contributed by atoms with Crippen LogP contribution in [0.5, 0.6) is 0 Å². The van der Waals surface area contributed by atoms with E-state index < -0.39 is 5.97 Å². The molecule has 0 heterocycles. The number of anilines is 1. The third kappa shape index (κ3) is 15.4. The molecule has 0 unspecified atom stereocenters. The van der Waals surface area contributed by atoms with Crippen molar-refractivity contribution in [3.05, 3.63) is 94.3 Å². The van der Waals surface area contributed by atoms with E-state index in [1.807, 2.05) is 52.1 Å². The van der Waals surface area contributed by atoms with Gasteiger partial charge in [0, 0.05) is 77.2 Å². The van der Waals surface area contributed by atoms with Crippen LogP contribution < -0.4 is 10.2 Å². The number of nitrogens with zero attached hydrogens (tertiary/aromatic N) is 3. The Kier molecular flexibility index (Phi) is 21.5. The monoisotopic (exact) mass is 694 g/mol. The second-order valence-electron chi connectivity index (χ2n) is 11.4. The summed E-state index contributed by atoms with van der Waals surface area (Å²) in [5.41, 5.74) is 5.08. The quantitative estimate of drug-likeness (QED) is 0.112. The third-order valence-corrected chi connectivity index (χ3v) is 7.18. The van der Waals surface area contributed by atoms with Crippen molar-refractivity contribution in [2.45, 2.75) is 74.1 Å². The average Bonchev–Trinajstić information content (AvgIpc) is 3.43. The van der Waals surface area contributed by atoms with E-state index in [1.165, 1.54) is 26.5 Å². The fourth-order valence-electron chi connectivity index (χ4n) is 4.68. The molecule has 0 saturated carbocycles. The maximum absolute atomic E-state index is 15.0. The predicted octanol–water partition coefficient (Wildman–Crippen LogP) is 8.75. The highest BCUT2D eigenvalue weighted by Gasteiger charge is 2.15. The van der Waals surface area contributed by atoms with E-state index in [4.69, 9.17) is 14.2 Å². The van der Waals surface area contributed by atoms with Crippen LogP contribution in [-0.4, -0.2) is 77.1 Å². The number of esters is 1. The molecule has 276 valence electrons. The minimum atomic E-state index is -0.452. The van der Waals surface area contributed by atoms with Crippen LogP contribution in [0.2, 0.25) is 0 Å². The SMILES string of the molecule is CC.CCC.CCCN(C)c1ccc(C(=O)OC)cc1N=CC1=CC=C(OCC2=CC(N(C)C(C)=O)=CC=C(NCCOCC)C2)C=C(F)C1. The second kappa shape index (κ2) is 24.7. The highest BCUT2D eigenvalue weighted by molar-refractivity contribution is 5.93. The van der Waals surface area contributed by atoms with Gasteiger partial charge in [-0.05, 0) is 67.0 Å². The number of nitrogens with one attached hydrogen (secondary N) is 1. The molecule has 0 aromatic heterocycles. The summed E-state index contributed by atoms with van der Waals surface area (Å²) in [4.78, 5) is 32.5. The zero-order valence-corrected chi connectivity index (χ0v) is 31.9. The molecule has 10 heteroatoms. The Morgan fingerprint density at radius 3 is 2.38 bits per heavy atom. The van der Waals surface area contributed by atoms with Gasteiger partial charge in [-0.15, -0.1) is 0 Å². The maximum atomic E-state index is 15.0. The molecule has 2 aliphatic carbocycles. The van der Waals surface area contributed by atoms with E-state index in [-0.39, 0.29) is 24.8 Å². The number of benzene rings is 1. The van der Waals surface area contributed by atoms with E-state index in [0.29, 0.717) is 48.8 Å². The van der Waals surface area contributed by atoms with Crippen LogP contribution in [0.1, 0.15) is 84.5 Å². The van der Waals surface area contributed by atoms with Gasteiger partial charge < -0.3 is 29.3 Å². The molecule has 1 N–H and O–H groups in total. The molecule has 3 rings (SSSR count). The number of allylic oxidation sites excluding steroid dienone is 9. The summed E-state index contributed by atoms with van der Waals surface area (Å²) in [5, 5.41) is 3.39. The van der Waals surface area contributed by atoms with Crippen LogP contribution in [0.15, 0.2) is 93.8 Å². The maximum Gasteiger partial charge on any atom is 0.337 e. The Labute approximate surface area is 299 Å². The van der Waals surface area contributed by atoms with Gasteiger partial charge in [-0.2, -0.15) is 0 Å². The first-order valence-electron chi connectivity index (χ1n) is 17.6. The number of hydrogen-bond donors (Lipinski definition) is 1. The Morgan fingerprint density at radius 1 is 1.02 bits per heavy atom. The van der Waals surface area contributed by atoms with Gasteiger partial charge in [0.15, 0.2) is 0 Å². The molecule has 50 heavy (non-hydrogen) atoms. The van der Waals surface area contributed by atoms with Crippen LogP contribution in [0.25, 0.3) is 0 Å². The summed E-state index contributed by atoms with van der Waals surface area (Å²) in [6.07, 6.45) is 15.1. The van der Waals surface area contributed by atoms with Gasteiger partial charge in [0.05, 0.1) is 30.7 Å². The number of carbonyl (C=O) groups excluding carboxylic acids is 2. The Bertz CT molecular complexity index is 1460. The van der Waals surface area contributed by atoms with E-state index in [1.54, 1.807) is 42.4 Å². The van der Waals surface area contributed by atoms with Crippen LogP contribution in [0, 0.1) is 0 Å². The van der Waals surface area contributed by atoms with Crippen molar-refractivity contribution in [1.29, 1.82) is 0 Å². The van der Waals surface area contributed by atoms with Crippen molar-refractivity contribution in [3.8, 4) is 0 Å². The lowest BCUT2D eigenvalue weighted by Gasteiger charge is -2.20. The topological polar surface area (TPSA) is 92.7 Å². The standard InChI is InChI=1S/C35H45FN4O5.C3H8.C2H6/c1-7-16-39(4)34-14-10-28(35(42)43-6)21-33(34)38-23-26-9-13-32(22-29(36)18-26)45-24-27-19-30(37-15-17-44-8-2)11-12-31(20-27)40(5)25(3)41;1-3-2;1-2/h9-14,20-23,37H,7-8,15-19,24H2,1-6H3;3H2,1-2H3;1-2H3. The van der Waals surface area contributed by atoms with Gasteiger partial charge in [0.25, 0.3) is 0 Å². The zero-order chi connectivity index (χ0) is 37.5. The third-order valence-electron chi connectivity index (χ3n) is 7.18. The van der Waals surface area contributed by atoms with E-state index in [9.17, 15) is 9.59 Å². The molecule has 0 fully saturated rings. The minimum absolute atomic E-state index is 0.0410. The first kappa shape index (κ1) is 43.6. The number of carbonyl (C=O) groups is 2. The normalized spacial score (nSPS) is 14.0. The molecule has 1 aromatic rings. The zero-order valence-electron chi connectivity index (χ0n) is 31.9. The molecule has 0 radical (unpaired) electrons. The van der Waals surface area contributed by atoms with Crippen LogP contribution in [-0.2, 0) is 19.0 Å². The Hall–Kier alpha value is -4.44. The van der Waals surface area contributed by atoms with Crippen molar-refractivity contribution < 1.29 is 28.2 Å². The molecular weight excluding hydrogens is 635 g/mol. The van der Waals surface area contributed by atoms with Crippen molar-refractivity contribution in [3.63, 3.8) is 0 Å². The summed E-state index contributed by atoms with van der Waals surface area (Å²) < 4.78 is 31.4. The molecule has 0 aliphatic heterocycles. The number of amides is 1. The smallest absolute Gasteiger partial charge is 0.337 e. The summed E-state index contributed by atoms with van der Waals surface area (Å²) in [6.45, 7) is 16.7. The molecule has 9 nitrogen and oxygen atoms in total. The summed E-state index contributed by atoms with van der Waals surface area (Å²) >= 11 is 0. The first-order valence-corrected chi connectivity index (χ1v) is 17.6. The lowest BCUT2D eigenvalue weighted by molar-refractivity contribution is -0.125. The number of rotatable bonds is 15. The molecule has 0 spiro atoms. The van der Waals surface area contributed by atoms with Gasteiger partial charge >= 0.3 is 5.97 Å². The summed E-state index contributed by atoms with van der Waals surface area (Å²) in [5.74, 6) is -0.534. The van der Waals surface area contributed by atoms with Crippen molar-refractivity contribution in [1.82, 2.24) is 10.2 Å². The van der Waals surface area contributed by atoms with E-state index in [0.717, 1.165) is 35.6 Å². The lowest BCUT2D eigenvalue weighted by atomic mass is 10.1. The summed E-state index contributed by atoms with van der Waals surface area (Å²) in [7, 11) is 5.02. The highest BCUT2D eigenvalue weighted by atomic mass is 19.1. The van der Waals surface area contributed by atoms with E-state index in [2.05, 4.69) is 36.0 Å². The Balaban J connectivity index is 0.00000237. The van der Waals surface area contributed by atoms with Gasteiger partial charge in [-0.25, -0.2) is 9.18 Å². The lowest BCUT2D eigenvalue weighted by Crippen LogP contribution is -2.22. The Morgan fingerprint density at radius 2 is 1.74 bits per heavy atom. The second-order valence-corrected chi connectivity index (χ2v) is 11.4. The molecule has 1 amide bonds. The molecule has 2 aliphatic rings. The molecule has 0 bridgehead atoms. The molecule has 0 atom stereocenters. The van der Waals surface area contributed by atoms with E-state index >= 15 is 4.39 Å². The van der Waals surface area contributed by atoms with Crippen LogP contribution in [0.3, 0.4) is 0 Å². The molecule has 1 aromatic carbocycles. The first-order chi connectivity index (χ1) is 24.1. The minimum Gasteiger partial charge on any atom is -0.489 e. The largest absolute Gasteiger partial charge is 0.489 e. The van der Waals surface area contributed by atoms with Gasteiger partial charge in [0.2, 0.25) is 5.91 Å². The van der Waals surface area contributed by atoms with Crippen molar-refractivity contribution in [2.75, 3.05) is 59.0 Å². The average molecular weight is 695 g/mol. The number of aliphatic imine (C=N–C) groups is 1. The number of halogens is 1. The van der Waals surface area contributed by atoms with Gasteiger partial charge in [-0.3, -0.25) is 9.79 Å². The number of methoxy groups -OCH3 is 1. The number of likely N-dealkylation sites (N-methyl/N-ethyl adjacent to an activating group) is 1. The number of ether oxygens (including phenoxy) is 3. The summed E-state index contributed by atoms with van der Waals surface area (Å²) in [6, 6.07) is 5.23. The fourth-order valence-corrected chi connectivity index (χ4v) is 4.68. The molecular formula is C40H59FN4O5. The van der Waals surface area contributed by atoms with Crippen molar-refractivity contribution in [2.24, 2.45) is 4.99 Å². The van der Waals surface area contributed by atoms with Crippen LogP contribution in [0.4, 0.5) is 15.8 Å². The number of hydrogen-bond acceptors (Lipinski definition) is 8. The van der Waals surface area contributed by atoms with Gasteiger partial charge in [-0.1, -0.05) is 47.1 Å². The van der Waals surface area contributed by atoms with Crippen LogP contribution >= 0.6 is 0 Å². The highest BCUT2D eigenvalue weighted by Crippen LogP contribution is 2.30. The van der Waals surface area contributed by atoms with Gasteiger partial charge in [0.1, 0.15) is 18.2 Å². The molecule has 0 saturated heterocycles. The predicted molar refractivity (Wildman–Crippen MR) is 205 cm³/mol. The fraction of sp³-hybridized carbons (Fsp3) is 0.475. The van der Waals surface area contributed by atoms with Crippen molar-refractivity contribution >= 4 is 29.5 Å².